The maximum Gasteiger partial charge on any atom is 0.170 e. The molecule has 2 N–H and O–H groups in total. The molecule has 0 amide bonds. The summed E-state index contributed by atoms with van der Waals surface area (Å²) in [6, 6.07) is 7.45. The third-order valence-electron chi connectivity index (χ3n) is 1.98. The molecule has 0 aliphatic rings. The lowest BCUT2D eigenvalue weighted by atomic mass is 10.2. The van der Waals surface area contributed by atoms with Gasteiger partial charge in [-0.05, 0) is 18.2 Å². The average Bonchev–Trinajstić information content (AvgIpc) is 2.42. The maximum atomic E-state index is 8.77. The summed E-state index contributed by atoms with van der Waals surface area (Å²) in [5, 5.41) is 13.6. The van der Waals surface area contributed by atoms with Crippen LogP contribution in [0.15, 0.2) is 18.2 Å². The minimum absolute atomic E-state index is 0.421. The molecule has 0 bridgehead atoms. The van der Waals surface area contributed by atoms with Crippen molar-refractivity contribution in [3.8, 4) is 6.07 Å². The van der Waals surface area contributed by atoms with E-state index in [2.05, 4.69) is 5.10 Å². The van der Waals surface area contributed by atoms with Crippen molar-refractivity contribution in [1.29, 1.82) is 5.26 Å². The number of hydrogen-bond acceptors (Lipinski definition) is 3. The van der Waals surface area contributed by atoms with Gasteiger partial charge in [-0.2, -0.15) is 10.4 Å². The Morgan fingerprint density at radius 3 is 3.00 bits per heavy atom. The molecule has 2 aromatic rings. The van der Waals surface area contributed by atoms with Crippen LogP contribution in [0.2, 0.25) is 0 Å². The third kappa shape index (κ3) is 1.02. The molecule has 4 heteroatoms. The SMILES string of the molecule is Cn1nc(C#N)c2cc(N)ccc21. The normalized spacial score (nSPS) is 10.2. The predicted molar refractivity (Wildman–Crippen MR) is 49.8 cm³/mol. The summed E-state index contributed by atoms with van der Waals surface area (Å²) >= 11 is 0. The molecule has 1 aromatic carbocycles. The van der Waals surface area contributed by atoms with E-state index in [4.69, 9.17) is 11.0 Å². The summed E-state index contributed by atoms with van der Waals surface area (Å²) in [7, 11) is 1.80. The summed E-state index contributed by atoms with van der Waals surface area (Å²) in [5.74, 6) is 0. The second kappa shape index (κ2) is 2.49. The van der Waals surface area contributed by atoms with Crippen LogP contribution in [0.5, 0.6) is 0 Å². The van der Waals surface area contributed by atoms with E-state index >= 15 is 0 Å². The zero-order valence-corrected chi connectivity index (χ0v) is 7.15. The zero-order chi connectivity index (χ0) is 9.42. The number of fused-ring (bicyclic) bond motifs is 1. The fourth-order valence-corrected chi connectivity index (χ4v) is 1.37. The molecule has 0 aliphatic heterocycles. The van der Waals surface area contributed by atoms with Gasteiger partial charge in [-0.3, -0.25) is 4.68 Å². The minimum Gasteiger partial charge on any atom is -0.399 e. The lowest BCUT2D eigenvalue weighted by molar-refractivity contribution is 0.791. The largest absolute Gasteiger partial charge is 0.399 e. The molecule has 0 saturated carbocycles. The number of aryl methyl sites for hydroxylation is 1. The molecule has 0 fully saturated rings. The molecular weight excluding hydrogens is 164 g/mol. The first-order valence-electron chi connectivity index (χ1n) is 3.84. The Kier molecular flexibility index (Phi) is 1.46. The molecule has 64 valence electrons. The molecule has 0 spiro atoms. The minimum atomic E-state index is 0.421. The number of nitriles is 1. The highest BCUT2D eigenvalue weighted by atomic mass is 15.3. The van der Waals surface area contributed by atoms with Crippen molar-refractivity contribution in [3.63, 3.8) is 0 Å². The first kappa shape index (κ1) is 7.62. The van der Waals surface area contributed by atoms with E-state index in [1.54, 1.807) is 23.9 Å². The third-order valence-corrected chi connectivity index (χ3v) is 1.98. The van der Waals surface area contributed by atoms with Gasteiger partial charge in [-0.15, -0.1) is 0 Å². The van der Waals surface area contributed by atoms with Gasteiger partial charge in [-0.25, -0.2) is 0 Å². The van der Waals surface area contributed by atoms with E-state index in [0.717, 1.165) is 10.9 Å². The summed E-state index contributed by atoms with van der Waals surface area (Å²) in [4.78, 5) is 0. The van der Waals surface area contributed by atoms with Crippen molar-refractivity contribution < 1.29 is 0 Å². The molecular formula is C9H8N4. The Balaban J connectivity index is 2.91. The van der Waals surface area contributed by atoms with E-state index in [1.165, 1.54) is 0 Å². The van der Waals surface area contributed by atoms with E-state index in [-0.39, 0.29) is 0 Å². The van der Waals surface area contributed by atoms with Crippen LogP contribution < -0.4 is 5.73 Å². The Bertz CT molecular complexity index is 504. The van der Waals surface area contributed by atoms with Crippen LogP contribution in [-0.4, -0.2) is 9.78 Å². The van der Waals surface area contributed by atoms with Crippen LogP contribution in [0, 0.1) is 11.3 Å². The molecule has 2 rings (SSSR count). The van der Waals surface area contributed by atoms with Gasteiger partial charge in [0.1, 0.15) is 6.07 Å². The van der Waals surface area contributed by atoms with Crippen LogP contribution in [0.1, 0.15) is 5.69 Å². The maximum absolute atomic E-state index is 8.77. The van der Waals surface area contributed by atoms with Crippen molar-refractivity contribution in [3.05, 3.63) is 23.9 Å². The highest BCUT2D eigenvalue weighted by Gasteiger charge is 2.06. The Labute approximate surface area is 75.2 Å². The number of rotatable bonds is 0. The summed E-state index contributed by atoms with van der Waals surface area (Å²) < 4.78 is 1.67. The Morgan fingerprint density at radius 1 is 1.54 bits per heavy atom. The van der Waals surface area contributed by atoms with Crippen LogP contribution in [0.3, 0.4) is 0 Å². The van der Waals surface area contributed by atoms with Gasteiger partial charge in [0, 0.05) is 18.1 Å². The number of aromatic nitrogens is 2. The van der Waals surface area contributed by atoms with Crippen molar-refractivity contribution in [2.45, 2.75) is 0 Å². The fraction of sp³-hybridized carbons (Fsp3) is 0.111. The highest BCUT2D eigenvalue weighted by molar-refractivity contribution is 5.86. The summed E-state index contributed by atoms with van der Waals surface area (Å²) in [6.45, 7) is 0. The molecule has 0 saturated heterocycles. The second-order valence-electron chi connectivity index (χ2n) is 2.86. The number of anilines is 1. The Hall–Kier alpha value is -2.02. The average molecular weight is 172 g/mol. The first-order chi connectivity index (χ1) is 6.22. The summed E-state index contributed by atoms with van der Waals surface area (Å²) in [6.07, 6.45) is 0. The van der Waals surface area contributed by atoms with Gasteiger partial charge < -0.3 is 5.73 Å². The lowest BCUT2D eigenvalue weighted by Crippen LogP contribution is -1.89. The van der Waals surface area contributed by atoms with E-state index in [1.807, 2.05) is 12.1 Å². The number of hydrogen-bond donors (Lipinski definition) is 1. The van der Waals surface area contributed by atoms with Gasteiger partial charge in [0.15, 0.2) is 5.69 Å². The van der Waals surface area contributed by atoms with Crippen LogP contribution in [0.4, 0.5) is 5.69 Å². The molecule has 0 aliphatic carbocycles. The molecule has 0 radical (unpaired) electrons. The predicted octanol–water partition coefficient (Wildman–Crippen LogP) is 1.03. The zero-order valence-electron chi connectivity index (χ0n) is 7.15. The second-order valence-corrected chi connectivity index (χ2v) is 2.86. The molecule has 0 atom stereocenters. The van der Waals surface area contributed by atoms with Gasteiger partial charge >= 0.3 is 0 Å². The van der Waals surface area contributed by atoms with E-state index in [0.29, 0.717) is 11.4 Å². The van der Waals surface area contributed by atoms with Gasteiger partial charge in [0.05, 0.1) is 5.52 Å². The molecule has 13 heavy (non-hydrogen) atoms. The number of nitrogen functional groups attached to an aromatic ring is 1. The molecule has 1 heterocycles. The fourth-order valence-electron chi connectivity index (χ4n) is 1.37. The quantitative estimate of drug-likeness (QED) is 0.603. The summed E-state index contributed by atoms with van der Waals surface area (Å²) in [5.41, 5.74) is 7.60. The monoisotopic (exact) mass is 172 g/mol. The van der Waals surface area contributed by atoms with Gasteiger partial charge in [0.25, 0.3) is 0 Å². The first-order valence-corrected chi connectivity index (χ1v) is 3.84. The van der Waals surface area contributed by atoms with Crippen LogP contribution >= 0.6 is 0 Å². The topological polar surface area (TPSA) is 67.6 Å². The van der Waals surface area contributed by atoms with Crippen molar-refractivity contribution >= 4 is 16.6 Å². The van der Waals surface area contributed by atoms with Crippen molar-refractivity contribution in [2.75, 3.05) is 5.73 Å². The number of nitrogens with two attached hydrogens (primary N) is 1. The van der Waals surface area contributed by atoms with Crippen LogP contribution in [0.25, 0.3) is 10.9 Å². The number of benzene rings is 1. The van der Waals surface area contributed by atoms with Gasteiger partial charge in [0.2, 0.25) is 0 Å². The van der Waals surface area contributed by atoms with Crippen molar-refractivity contribution in [1.82, 2.24) is 9.78 Å². The molecule has 0 unspecified atom stereocenters. The standard InChI is InChI=1S/C9H8N4/c1-13-9-3-2-6(11)4-7(9)8(5-10)12-13/h2-4H,11H2,1H3. The van der Waals surface area contributed by atoms with E-state index < -0.39 is 0 Å². The van der Waals surface area contributed by atoms with Crippen LogP contribution in [-0.2, 0) is 7.05 Å². The van der Waals surface area contributed by atoms with Gasteiger partial charge in [-0.1, -0.05) is 0 Å². The highest BCUT2D eigenvalue weighted by Crippen LogP contribution is 2.19. The number of nitrogens with zero attached hydrogens (tertiary/aromatic N) is 3. The molecule has 1 aromatic heterocycles. The lowest BCUT2D eigenvalue weighted by Gasteiger charge is -1.94. The van der Waals surface area contributed by atoms with Crippen molar-refractivity contribution in [2.24, 2.45) is 7.05 Å². The Morgan fingerprint density at radius 2 is 2.31 bits per heavy atom. The molecule has 4 nitrogen and oxygen atoms in total. The smallest absolute Gasteiger partial charge is 0.170 e. The van der Waals surface area contributed by atoms with E-state index in [9.17, 15) is 0 Å².